The Labute approximate surface area is 115 Å². The van der Waals surface area contributed by atoms with Crippen LogP contribution in [-0.2, 0) is 4.79 Å². The molecule has 0 saturated carbocycles. The van der Waals surface area contributed by atoms with E-state index in [1.165, 1.54) is 0 Å². The maximum absolute atomic E-state index is 10.8. The summed E-state index contributed by atoms with van der Waals surface area (Å²) in [5.41, 5.74) is 5.17. The van der Waals surface area contributed by atoms with E-state index in [1.807, 2.05) is 4.90 Å². The Bertz CT molecular complexity index is 447. The molecule has 2 rings (SSSR count). The Hall–Kier alpha value is -1.04. The van der Waals surface area contributed by atoms with Crippen molar-refractivity contribution in [1.29, 1.82) is 0 Å². The topological polar surface area (TPSA) is 62.5 Å². The molecule has 1 aromatic heterocycles. The lowest BCUT2D eigenvalue weighted by Gasteiger charge is -2.35. The minimum absolute atomic E-state index is 0.300. The van der Waals surface area contributed by atoms with Crippen LogP contribution in [0.25, 0.3) is 0 Å². The number of halogens is 2. The number of piperazine rings is 1. The maximum Gasteiger partial charge on any atom is 0.231 e. The summed E-state index contributed by atoms with van der Waals surface area (Å²) < 4.78 is 0. The summed E-state index contributed by atoms with van der Waals surface area (Å²) in [5.74, 6) is 0.436. The van der Waals surface area contributed by atoms with Crippen LogP contribution in [0.1, 0.15) is 0 Å². The molecule has 18 heavy (non-hydrogen) atoms. The highest BCUT2D eigenvalue weighted by Crippen LogP contribution is 2.26. The molecule has 0 atom stereocenters. The second kappa shape index (κ2) is 5.73. The first-order valence-electron chi connectivity index (χ1n) is 5.63. The average molecular weight is 289 g/mol. The van der Waals surface area contributed by atoms with Crippen molar-refractivity contribution in [2.75, 3.05) is 37.6 Å². The van der Waals surface area contributed by atoms with Gasteiger partial charge in [-0.15, -0.1) is 0 Å². The van der Waals surface area contributed by atoms with Crippen molar-refractivity contribution in [3.05, 3.63) is 22.3 Å². The van der Waals surface area contributed by atoms with Crippen molar-refractivity contribution >= 4 is 34.9 Å². The molecule has 2 heterocycles. The Balaban J connectivity index is 1.99. The van der Waals surface area contributed by atoms with E-state index < -0.39 is 0 Å². The molecule has 1 fully saturated rings. The van der Waals surface area contributed by atoms with Crippen LogP contribution < -0.4 is 10.6 Å². The van der Waals surface area contributed by atoms with Gasteiger partial charge in [0.2, 0.25) is 5.91 Å². The monoisotopic (exact) mass is 288 g/mol. The van der Waals surface area contributed by atoms with Crippen LogP contribution in [0, 0.1) is 0 Å². The summed E-state index contributed by atoms with van der Waals surface area (Å²) in [6.45, 7) is 3.37. The second-order valence-corrected chi connectivity index (χ2v) is 5.03. The molecule has 98 valence electrons. The van der Waals surface area contributed by atoms with Gasteiger partial charge in [-0.05, 0) is 6.07 Å². The fourth-order valence-electron chi connectivity index (χ4n) is 1.98. The molecule has 0 radical (unpaired) electrons. The van der Waals surface area contributed by atoms with Crippen LogP contribution in [-0.4, -0.2) is 48.5 Å². The molecular weight excluding hydrogens is 275 g/mol. The quantitative estimate of drug-likeness (QED) is 0.901. The van der Waals surface area contributed by atoms with Gasteiger partial charge in [-0.3, -0.25) is 9.69 Å². The zero-order valence-corrected chi connectivity index (χ0v) is 11.3. The first-order chi connectivity index (χ1) is 8.56. The van der Waals surface area contributed by atoms with Gasteiger partial charge < -0.3 is 10.6 Å². The average Bonchev–Trinajstić information content (AvgIpc) is 2.30. The van der Waals surface area contributed by atoms with E-state index in [2.05, 4.69) is 9.88 Å². The SMILES string of the molecule is NC(=O)CN1CCN(c2ncc(Cl)cc2Cl)CC1. The van der Waals surface area contributed by atoms with Gasteiger partial charge in [-0.2, -0.15) is 0 Å². The highest BCUT2D eigenvalue weighted by atomic mass is 35.5. The van der Waals surface area contributed by atoms with Gasteiger partial charge in [0.15, 0.2) is 0 Å². The number of hydrogen-bond donors (Lipinski definition) is 1. The van der Waals surface area contributed by atoms with Gasteiger partial charge >= 0.3 is 0 Å². The predicted molar refractivity (Wildman–Crippen MR) is 72.1 cm³/mol. The summed E-state index contributed by atoms with van der Waals surface area (Å²) in [6, 6.07) is 1.68. The Morgan fingerprint density at radius 2 is 2.00 bits per heavy atom. The van der Waals surface area contributed by atoms with Gasteiger partial charge in [0.1, 0.15) is 5.82 Å². The van der Waals surface area contributed by atoms with E-state index in [1.54, 1.807) is 12.3 Å². The molecule has 1 saturated heterocycles. The third kappa shape index (κ3) is 3.25. The Morgan fingerprint density at radius 3 is 2.56 bits per heavy atom. The molecule has 1 amide bonds. The van der Waals surface area contributed by atoms with E-state index >= 15 is 0 Å². The third-order valence-electron chi connectivity index (χ3n) is 2.84. The molecule has 0 unspecified atom stereocenters. The number of aromatic nitrogens is 1. The first kappa shape index (κ1) is 13.4. The van der Waals surface area contributed by atoms with Crippen LogP contribution in [0.4, 0.5) is 5.82 Å². The molecule has 1 aliphatic rings. The second-order valence-electron chi connectivity index (χ2n) is 4.19. The van der Waals surface area contributed by atoms with Gasteiger partial charge in [0.25, 0.3) is 0 Å². The lowest BCUT2D eigenvalue weighted by Crippen LogP contribution is -2.49. The van der Waals surface area contributed by atoms with Gasteiger partial charge in [0.05, 0.1) is 16.6 Å². The third-order valence-corrected chi connectivity index (χ3v) is 3.32. The zero-order chi connectivity index (χ0) is 13.1. The van der Waals surface area contributed by atoms with Crippen LogP contribution in [0.15, 0.2) is 12.3 Å². The summed E-state index contributed by atoms with van der Waals surface area (Å²) in [5, 5.41) is 1.07. The standard InChI is InChI=1S/C11H14Cl2N4O/c12-8-5-9(13)11(15-6-8)17-3-1-16(2-4-17)7-10(14)18/h5-6H,1-4,7H2,(H2,14,18). The smallest absolute Gasteiger partial charge is 0.231 e. The molecule has 0 aromatic carbocycles. The molecule has 0 bridgehead atoms. The molecule has 7 heteroatoms. The van der Waals surface area contributed by atoms with Crippen LogP contribution >= 0.6 is 23.2 Å². The van der Waals surface area contributed by atoms with Gasteiger partial charge in [-0.25, -0.2) is 4.98 Å². The van der Waals surface area contributed by atoms with E-state index in [0.29, 0.717) is 16.6 Å². The number of rotatable bonds is 3. The fraction of sp³-hybridized carbons (Fsp3) is 0.455. The summed E-state index contributed by atoms with van der Waals surface area (Å²) in [4.78, 5) is 19.2. The lowest BCUT2D eigenvalue weighted by atomic mass is 10.3. The largest absolute Gasteiger partial charge is 0.369 e. The van der Waals surface area contributed by atoms with Crippen molar-refractivity contribution in [2.45, 2.75) is 0 Å². The van der Waals surface area contributed by atoms with E-state index in [4.69, 9.17) is 28.9 Å². The molecule has 0 aliphatic carbocycles. The number of carbonyl (C=O) groups is 1. The van der Waals surface area contributed by atoms with Crippen molar-refractivity contribution in [1.82, 2.24) is 9.88 Å². The van der Waals surface area contributed by atoms with Gasteiger partial charge in [-0.1, -0.05) is 23.2 Å². The highest BCUT2D eigenvalue weighted by molar-refractivity contribution is 6.36. The molecule has 2 N–H and O–H groups in total. The number of anilines is 1. The maximum atomic E-state index is 10.8. The number of nitrogens with two attached hydrogens (primary N) is 1. The van der Waals surface area contributed by atoms with Crippen LogP contribution in [0.2, 0.25) is 10.0 Å². The van der Waals surface area contributed by atoms with E-state index in [9.17, 15) is 4.79 Å². The Kier molecular flexibility index (Phi) is 4.27. The summed E-state index contributed by atoms with van der Waals surface area (Å²) in [7, 11) is 0. The number of primary amides is 1. The van der Waals surface area contributed by atoms with E-state index in [-0.39, 0.29) is 5.91 Å². The van der Waals surface area contributed by atoms with Crippen molar-refractivity contribution in [2.24, 2.45) is 5.73 Å². The number of hydrogen-bond acceptors (Lipinski definition) is 4. The Morgan fingerprint density at radius 1 is 1.33 bits per heavy atom. The number of nitrogens with zero attached hydrogens (tertiary/aromatic N) is 3. The normalized spacial score (nSPS) is 16.9. The predicted octanol–water partition coefficient (Wildman–Crippen LogP) is 0.996. The summed E-state index contributed by atoms with van der Waals surface area (Å²) in [6.07, 6.45) is 1.58. The molecule has 1 aliphatic heterocycles. The number of amides is 1. The lowest BCUT2D eigenvalue weighted by molar-refractivity contribution is -0.119. The van der Waals surface area contributed by atoms with Crippen LogP contribution in [0.5, 0.6) is 0 Å². The minimum atomic E-state index is -0.300. The van der Waals surface area contributed by atoms with Gasteiger partial charge in [0, 0.05) is 32.4 Å². The molecule has 0 spiro atoms. The number of pyridine rings is 1. The molecular formula is C11H14Cl2N4O. The van der Waals surface area contributed by atoms with Crippen LogP contribution in [0.3, 0.4) is 0 Å². The van der Waals surface area contributed by atoms with E-state index in [0.717, 1.165) is 32.0 Å². The van der Waals surface area contributed by atoms with Crippen molar-refractivity contribution in [3.8, 4) is 0 Å². The highest BCUT2D eigenvalue weighted by Gasteiger charge is 2.20. The fourth-order valence-corrected chi connectivity index (χ4v) is 2.48. The zero-order valence-electron chi connectivity index (χ0n) is 9.77. The summed E-state index contributed by atoms with van der Waals surface area (Å²) >= 11 is 11.9. The molecule has 5 nitrogen and oxygen atoms in total. The molecule has 1 aromatic rings. The van der Waals surface area contributed by atoms with Crippen molar-refractivity contribution < 1.29 is 4.79 Å². The number of carbonyl (C=O) groups excluding carboxylic acids is 1. The van der Waals surface area contributed by atoms with Crippen molar-refractivity contribution in [3.63, 3.8) is 0 Å². The minimum Gasteiger partial charge on any atom is -0.369 e. The first-order valence-corrected chi connectivity index (χ1v) is 6.38.